The number of anilines is 1. The maximum absolute atomic E-state index is 12.1. The summed E-state index contributed by atoms with van der Waals surface area (Å²) in [5, 5.41) is 5.72. The molecule has 0 spiro atoms. The monoisotopic (exact) mass is 381 g/mol. The molecule has 0 aliphatic heterocycles. The molecule has 1 amide bonds. The van der Waals surface area contributed by atoms with E-state index in [0.29, 0.717) is 18.0 Å². The first-order valence-electron chi connectivity index (χ1n) is 7.46. The number of hydrogen-bond donors (Lipinski definition) is 1. The van der Waals surface area contributed by atoms with Crippen molar-refractivity contribution < 1.29 is 17.9 Å². The number of benzene rings is 1. The number of carbonyl (C=O) groups excluding carboxylic acids is 1. The van der Waals surface area contributed by atoms with Crippen LogP contribution in [-0.4, -0.2) is 39.9 Å². The molecular weight excluding hydrogens is 362 g/mol. The van der Waals surface area contributed by atoms with Crippen molar-refractivity contribution in [2.75, 3.05) is 23.7 Å². The minimum absolute atomic E-state index is 0.309. The first-order valence-corrected chi connectivity index (χ1v) is 10.2. The Hall–Kier alpha value is -2.39. The smallest absolute Gasteiger partial charge is 0.260 e. The summed E-state index contributed by atoms with van der Waals surface area (Å²) < 4.78 is 30.7. The molecule has 9 heteroatoms. The standard InChI is InChI=1S/C16H19N3O4S2/c1-3-23-15-9-5-4-8-14(15)19(25(2,21)22)12-16(20)18-17-11-13-7-6-10-24-13/h4-11H,3,12H2,1-2H3,(H,18,20)/b17-11-. The van der Waals surface area contributed by atoms with Crippen molar-refractivity contribution in [2.45, 2.75) is 6.92 Å². The summed E-state index contributed by atoms with van der Waals surface area (Å²) in [5.41, 5.74) is 2.64. The quantitative estimate of drug-likeness (QED) is 0.560. The maximum atomic E-state index is 12.1. The normalized spacial score (nSPS) is 11.4. The van der Waals surface area contributed by atoms with Gasteiger partial charge in [-0.3, -0.25) is 9.10 Å². The third-order valence-electron chi connectivity index (χ3n) is 3.05. The highest BCUT2D eigenvalue weighted by molar-refractivity contribution is 7.92. The largest absolute Gasteiger partial charge is 0.492 e. The van der Waals surface area contributed by atoms with Crippen LogP contribution in [0.4, 0.5) is 5.69 Å². The molecule has 25 heavy (non-hydrogen) atoms. The van der Waals surface area contributed by atoms with E-state index in [1.165, 1.54) is 17.6 Å². The predicted molar refractivity (Wildman–Crippen MR) is 99.9 cm³/mol. The first-order chi connectivity index (χ1) is 11.9. The molecule has 0 bridgehead atoms. The Kier molecular flexibility index (Phi) is 6.54. The Balaban J connectivity index is 2.15. The van der Waals surface area contributed by atoms with Crippen LogP contribution in [0.25, 0.3) is 0 Å². The van der Waals surface area contributed by atoms with Crippen molar-refractivity contribution in [1.29, 1.82) is 0 Å². The summed E-state index contributed by atoms with van der Waals surface area (Å²) in [5.74, 6) is -0.158. The van der Waals surface area contributed by atoms with Crippen LogP contribution in [0.15, 0.2) is 46.9 Å². The molecule has 0 fully saturated rings. The number of sulfonamides is 1. The van der Waals surface area contributed by atoms with Gasteiger partial charge < -0.3 is 4.74 Å². The number of nitrogens with zero attached hydrogens (tertiary/aromatic N) is 2. The van der Waals surface area contributed by atoms with E-state index in [0.717, 1.165) is 15.4 Å². The molecule has 0 aliphatic rings. The minimum Gasteiger partial charge on any atom is -0.492 e. The summed E-state index contributed by atoms with van der Waals surface area (Å²) in [6, 6.07) is 10.4. The van der Waals surface area contributed by atoms with Crippen molar-refractivity contribution in [1.82, 2.24) is 5.43 Å². The van der Waals surface area contributed by atoms with Gasteiger partial charge in [0.25, 0.3) is 5.91 Å². The van der Waals surface area contributed by atoms with Crippen LogP contribution >= 0.6 is 11.3 Å². The lowest BCUT2D eigenvalue weighted by Gasteiger charge is -2.23. The Morgan fingerprint density at radius 2 is 2.08 bits per heavy atom. The van der Waals surface area contributed by atoms with Gasteiger partial charge >= 0.3 is 0 Å². The van der Waals surface area contributed by atoms with E-state index >= 15 is 0 Å². The number of nitrogens with one attached hydrogen (secondary N) is 1. The second-order valence-electron chi connectivity index (χ2n) is 4.98. The van der Waals surface area contributed by atoms with Gasteiger partial charge in [0.1, 0.15) is 12.3 Å². The molecule has 0 saturated carbocycles. The zero-order valence-electron chi connectivity index (χ0n) is 13.9. The Labute approximate surface area is 151 Å². The van der Waals surface area contributed by atoms with Gasteiger partial charge in [-0.15, -0.1) is 11.3 Å². The third kappa shape index (κ3) is 5.57. The highest BCUT2D eigenvalue weighted by atomic mass is 32.2. The third-order valence-corrected chi connectivity index (χ3v) is 4.98. The van der Waals surface area contributed by atoms with Crippen LogP contribution in [0.5, 0.6) is 5.75 Å². The van der Waals surface area contributed by atoms with Gasteiger partial charge in [-0.25, -0.2) is 13.8 Å². The van der Waals surface area contributed by atoms with Crippen molar-refractivity contribution >= 4 is 39.2 Å². The molecule has 2 aromatic rings. The lowest BCUT2D eigenvalue weighted by Crippen LogP contribution is -2.39. The van der Waals surface area contributed by atoms with Gasteiger partial charge in [0, 0.05) is 4.88 Å². The number of ether oxygens (including phenoxy) is 1. The molecule has 7 nitrogen and oxygen atoms in total. The second-order valence-corrected chi connectivity index (χ2v) is 7.87. The molecule has 0 aliphatic carbocycles. The fourth-order valence-corrected chi connectivity index (χ4v) is 3.47. The lowest BCUT2D eigenvalue weighted by atomic mass is 10.3. The topological polar surface area (TPSA) is 88.1 Å². The second kappa shape index (κ2) is 8.63. The van der Waals surface area contributed by atoms with E-state index in [9.17, 15) is 13.2 Å². The van der Waals surface area contributed by atoms with E-state index in [2.05, 4.69) is 10.5 Å². The van der Waals surface area contributed by atoms with Crippen molar-refractivity contribution in [3.8, 4) is 5.75 Å². The van der Waals surface area contributed by atoms with Gasteiger partial charge in [0.05, 0.1) is 24.8 Å². The number of hydrogen-bond acceptors (Lipinski definition) is 6. The van der Waals surface area contributed by atoms with Crippen LogP contribution in [0, 0.1) is 0 Å². The summed E-state index contributed by atoms with van der Waals surface area (Å²) in [7, 11) is -3.68. The van der Waals surface area contributed by atoms with Gasteiger partial charge in [0.15, 0.2) is 0 Å². The summed E-state index contributed by atoms with van der Waals surface area (Å²) in [4.78, 5) is 13.0. The van der Waals surface area contributed by atoms with E-state index in [-0.39, 0.29) is 0 Å². The van der Waals surface area contributed by atoms with Crippen LogP contribution in [0.2, 0.25) is 0 Å². The maximum Gasteiger partial charge on any atom is 0.260 e. The molecule has 0 saturated heterocycles. The number of thiophene rings is 1. The number of rotatable bonds is 8. The molecule has 2 rings (SSSR count). The molecule has 1 N–H and O–H groups in total. The minimum atomic E-state index is -3.68. The van der Waals surface area contributed by atoms with Gasteiger partial charge in [-0.1, -0.05) is 18.2 Å². The van der Waals surface area contributed by atoms with Gasteiger partial charge in [-0.2, -0.15) is 5.10 Å². The van der Waals surface area contributed by atoms with E-state index in [1.807, 2.05) is 17.5 Å². The SMILES string of the molecule is CCOc1ccccc1N(CC(=O)N/N=C\c1cccs1)S(C)(=O)=O. The van der Waals surface area contributed by atoms with Gasteiger partial charge in [0.2, 0.25) is 10.0 Å². The van der Waals surface area contributed by atoms with Crippen molar-refractivity contribution in [3.63, 3.8) is 0 Å². The molecule has 134 valence electrons. The van der Waals surface area contributed by atoms with Crippen LogP contribution < -0.4 is 14.5 Å². The average molecular weight is 381 g/mol. The fraction of sp³-hybridized carbons (Fsp3) is 0.250. The fourth-order valence-electron chi connectivity index (χ4n) is 2.02. The van der Waals surface area contributed by atoms with Crippen LogP contribution in [-0.2, 0) is 14.8 Å². The molecule has 1 aromatic heterocycles. The van der Waals surface area contributed by atoms with Crippen LogP contribution in [0.3, 0.4) is 0 Å². The lowest BCUT2D eigenvalue weighted by molar-refractivity contribution is -0.119. The Morgan fingerprint density at radius 3 is 2.72 bits per heavy atom. The van der Waals surface area contributed by atoms with Crippen LogP contribution in [0.1, 0.15) is 11.8 Å². The van der Waals surface area contributed by atoms with E-state index in [4.69, 9.17) is 4.74 Å². The predicted octanol–water partition coefficient (Wildman–Crippen LogP) is 2.06. The van der Waals surface area contributed by atoms with E-state index in [1.54, 1.807) is 31.2 Å². The zero-order valence-corrected chi connectivity index (χ0v) is 15.5. The summed E-state index contributed by atoms with van der Waals surface area (Å²) in [6.45, 7) is 1.78. The van der Waals surface area contributed by atoms with E-state index < -0.39 is 22.5 Å². The highest BCUT2D eigenvalue weighted by Gasteiger charge is 2.23. The Bertz CT molecular complexity index is 833. The first kappa shape index (κ1) is 18.9. The number of para-hydroxylation sites is 2. The van der Waals surface area contributed by atoms with Crippen molar-refractivity contribution in [2.24, 2.45) is 5.10 Å². The molecule has 1 aromatic carbocycles. The number of carbonyl (C=O) groups is 1. The molecule has 0 unspecified atom stereocenters. The molecule has 0 radical (unpaired) electrons. The van der Waals surface area contributed by atoms with Gasteiger partial charge in [-0.05, 0) is 30.5 Å². The highest BCUT2D eigenvalue weighted by Crippen LogP contribution is 2.29. The Morgan fingerprint density at radius 1 is 1.32 bits per heavy atom. The van der Waals surface area contributed by atoms with Crippen molar-refractivity contribution in [3.05, 3.63) is 46.7 Å². The number of amides is 1. The average Bonchev–Trinajstić information content (AvgIpc) is 3.06. The molecular formula is C16H19N3O4S2. The zero-order chi connectivity index (χ0) is 18.3. The number of hydrazone groups is 1. The summed E-state index contributed by atoms with van der Waals surface area (Å²) >= 11 is 1.47. The summed E-state index contributed by atoms with van der Waals surface area (Å²) in [6.07, 6.45) is 2.54. The molecule has 1 heterocycles. The molecule has 0 atom stereocenters.